The van der Waals surface area contributed by atoms with E-state index in [9.17, 15) is 9.59 Å². The van der Waals surface area contributed by atoms with Crippen LogP contribution in [0.5, 0.6) is 0 Å². The molecule has 2 nitrogen and oxygen atoms in total. The van der Waals surface area contributed by atoms with Crippen molar-refractivity contribution in [1.29, 1.82) is 0 Å². The highest BCUT2D eigenvalue weighted by atomic mass is 32.2. The first kappa shape index (κ1) is 16.1. The minimum absolute atomic E-state index is 0.127. The molecule has 0 radical (unpaired) electrons. The Morgan fingerprint density at radius 3 is 1.44 bits per heavy atom. The first-order chi connectivity index (χ1) is 8.43. The van der Waals surface area contributed by atoms with Gasteiger partial charge in [0.2, 0.25) is 0 Å². The third-order valence-corrected chi connectivity index (χ3v) is 6.39. The number of Topliss-reactive ketones (excluding diaryl/α,β-unsaturated/α-hetero) is 2. The highest BCUT2D eigenvalue weighted by molar-refractivity contribution is 8.05. The fourth-order valence-corrected chi connectivity index (χ4v) is 5.31. The number of carbonyl (C=O) groups excluding carboxylic acids is 2. The SMILES string of the molecule is CCCCSC1(C)C(=O)C(C)(SCCCC)C1=O. The molecule has 1 saturated carbocycles. The number of rotatable bonds is 8. The molecule has 0 amide bonds. The maximum atomic E-state index is 12.3. The molecular formula is C14H24O2S2. The lowest BCUT2D eigenvalue weighted by molar-refractivity contribution is -0.144. The number of unbranched alkanes of at least 4 members (excludes halogenated alkanes) is 2. The van der Waals surface area contributed by atoms with Crippen LogP contribution in [-0.4, -0.2) is 32.6 Å². The molecule has 104 valence electrons. The van der Waals surface area contributed by atoms with Crippen LogP contribution in [0.2, 0.25) is 0 Å². The second-order valence-electron chi connectivity index (χ2n) is 5.13. The molecule has 1 aliphatic carbocycles. The van der Waals surface area contributed by atoms with Gasteiger partial charge in [-0.2, -0.15) is 0 Å². The number of thioether (sulfide) groups is 2. The molecule has 0 aliphatic heterocycles. The quantitative estimate of drug-likeness (QED) is 0.503. The molecule has 18 heavy (non-hydrogen) atoms. The average Bonchev–Trinajstić information content (AvgIpc) is 2.37. The van der Waals surface area contributed by atoms with E-state index in [4.69, 9.17) is 0 Å². The average molecular weight is 288 g/mol. The predicted octanol–water partition coefficient (Wildman–Crippen LogP) is 3.72. The van der Waals surface area contributed by atoms with Crippen molar-refractivity contribution in [2.75, 3.05) is 11.5 Å². The number of hydrogen-bond donors (Lipinski definition) is 0. The Morgan fingerprint density at radius 1 is 0.833 bits per heavy atom. The second kappa shape index (κ2) is 6.47. The summed E-state index contributed by atoms with van der Waals surface area (Å²) in [6.45, 7) is 7.86. The van der Waals surface area contributed by atoms with Crippen LogP contribution < -0.4 is 0 Å². The molecule has 1 rings (SSSR count). The van der Waals surface area contributed by atoms with Crippen molar-refractivity contribution in [3.63, 3.8) is 0 Å². The Bertz CT molecular complexity index is 282. The fourth-order valence-electron chi connectivity index (χ4n) is 2.16. The van der Waals surface area contributed by atoms with E-state index < -0.39 is 9.49 Å². The van der Waals surface area contributed by atoms with Crippen LogP contribution in [-0.2, 0) is 9.59 Å². The van der Waals surface area contributed by atoms with Crippen molar-refractivity contribution in [2.24, 2.45) is 0 Å². The molecule has 0 spiro atoms. The zero-order valence-corrected chi connectivity index (χ0v) is 13.5. The normalized spacial score (nSPS) is 31.6. The van der Waals surface area contributed by atoms with Gasteiger partial charge in [0.1, 0.15) is 9.49 Å². The summed E-state index contributed by atoms with van der Waals surface area (Å²) in [6.07, 6.45) is 4.35. The first-order valence-electron chi connectivity index (χ1n) is 6.81. The van der Waals surface area contributed by atoms with Crippen LogP contribution in [0.1, 0.15) is 53.4 Å². The lowest BCUT2D eigenvalue weighted by atomic mass is 9.72. The maximum absolute atomic E-state index is 12.3. The molecule has 0 aromatic carbocycles. The Kier molecular flexibility index (Phi) is 5.78. The van der Waals surface area contributed by atoms with Crippen molar-refractivity contribution in [3.05, 3.63) is 0 Å². The van der Waals surface area contributed by atoms with Gasteiger partial charge in [0.25, 0.3) is 0 Å². The van der Waals surface area contributed by atoms with E-state index >= 15 is 0 Å². The summed E-state index contributed by atoms with van der Waals surface area (Å²) in [5.74, 6) is 2.06. The lowest BCUT2D eigenvalue weighted by Crippen LogP contribution is -2.70. The molecule has 0 heterocycles. The summed E-state index contributed by atoms with van der Waals surface area (Å²) in [7, 11) is 0. The third-order valence-electron chi connectivity index (χ3n) is 3.51. The summed E-state index contributed by atoms with van der Waals surface area (Å²) in [5, 5.41) is 0. The van der Waals surface area contributed by atoms with Crippen LogP contribution >= 0.6 is 23.5 Å². The lowest BCUT2D eigenvalue weighted by Gasteiger charge is -2.47. The van der Waals surface area contributed by atoms with Crippen LogP contribution in [0, 0.1) is 0 Å². The molecular weight excluding hydrogens is 264 g/mol. The van der Waals surface area contributed by atoms with Crippen molar-refractivity contribution >= 4 is 35.1 Å². The van der Waals surface area contributed by atoms with E-state index in [1.165, 1.54) is 23.5 Å². The molecule has 0 aromatic rings. The molecule has 0 aromatic heterocycles. The largest absolute Gasteiger partial charge is 0.296 e. The van der Waals surface area contributed by atoms with Gasteiger partial charge >= 0.3 is 0 Å². The highest BCUT2D eigenvalue weighted by Crippen LogP contribution is 2.50. The van der Waals surface area contributed by atoms with Gasteiger partial charge in [0.15, 0.2) is 11.6 Å². The third kappa shape index (κ3) is 2.79. The van der Waals surface area contributed by atoms with Crippen molar-refractivity contribution in [3.8, 4) is 0 Å². The van der Waals surface area contributed by atoms with Crippen molar-refractivity contribution in [2.45, 2.75) is 62.9 Å². The zero-order valence-electron chi connectivity index (χ0n) is 11.9. The van der Waals surface area contributed by atoms with Gasteiger partial charge in [-0.1, -0.05) is 26.7 Å². The van der Waals surface area contributed by atoms with Gasteiger partial charge in [-0.25, -0.2) is 0 Å². The Hall–Kier alpha value is 0.0400. The van der Waals surface area contributed by atoms with Gasteiger partial charge in [-0.05, 0) is 38.2 Å². The van der Waals surface area contributed by atoms with E-state index in [2.05, 4.69) is 13.8 Å². The number of ketones is 2. The zero-order chi connectivity index (χ0) is 13.8. The van der Waals surface area contributed by atoms with E-state index in [1.54, 1.807) is 13.8 Å². The number of hydrogen-bond acceptors (Lipinski definition) is 4. The highest BCUT2D eigenvalue weighted by Gasteiger charge is 2.67. The summed E-state index contributed by atoms with van der Waals surface area (Å²) >= 11 is 3.07. The Balaban J connectivity index is 2.57. The molecule has 4 heteroatoms. The standard InChI is InChI=1S/C14H24O2S2/c1-5-7-9-17-13(3)11(15)14(4,12(13)16)18-10-8-6-2/h5-10H2,1-4H3. The minimum Gasteiger partial charge on any atom is -0.296 e. The molecule has 0 N–H and O–H groups in total. The molecule has 0 bridgehead atoms. The first-order valence-corrected chi connectivity index (χ1v) is 8.78. The van der Waals surface area contributed by atoms with Gasteiger partial charge in [0, 0.05) is 0 Å². The van der Waals surface area contributed by atoms with E-state index in [1.807, 2.05) is 0 Å². The van der Waals surface area contributed by atoms with Crippen LogP contribution in [0.4, 0.5) is 0 Å². The maximum Gasteiger partial charge on any atom is 0.179 e. The summed E-state index contributed by atoms with van der Waals surface area (Å²) < 4.78 is -1.52. The van der Waals surface area contributed by atoms with E-state index in [0.717, 1.165) is 37.2 Å². The van der Waals surface area contributed by atoms with Gasteiger partial charge in [-0.15, -0.1) is 23.5 Å². The summed E-state index contributed by atoms with van der Waals surface area (Å²) in [4.78, 5) is 24.7. The second-order valence-corrected chi connectivity index (χ2v) is 8.16. The molecule has 1 fully saturated rings. The smallest absolute Gasteiger partial charge is 0.179 e. The Morgan fingerprint density at radius 2 is 1.17 bits per heavy atom. The molecule has 0 saturated heterocycles. The minimum atomic E-state index is -0.761. The van der Waals surface area contributed by atoms with Crippen molar-refractivity contribution in [1.82, 2.24) is 0 Å². The molecule has 0 atom stereocenters. The number of carbonyl (C=O) groups is 2. The predicted molar refractivity (Wildman–Crippen MR) is 81.6 cm³/mol. The van der Waals surface area contributed by atoms with E-state index in [-0.39, 0.29) is 11.6 Å². The monoisotopic (exact) mass is 288 g/mol. The molecule has 0 unspecified atom stereocenters. The Labute approximate surface area is 119 Å². The van der Waals surface area contributed by atoms with Crippen LogP contribution in [0.15, 0.2) is 0 Å². The van der Waals surface area contributed by atoms with Crippen LogP contribution in [0.25, 0.3) is 0 Å². The fraction of sp³-hybridized carbons (Fsp3) is 0.857. The van der Waals surface area contributed by atoms with E-state index in [0.29, 0.717) is 0 Å². The van der Waals surface area contributed by atoms with Crippen molar-refractivity contribution < 1.29 is 9.59 Å². The summed E-state index contributed by atoms with van der Waals surface area (Å²) in [5.41, 5.74) is 0. The van der Waals surface area contributed by atoms with Crippen LogP contribution in [0.3, 0.4) is 0 Å². The van der Waals surface area contributed by atoms with Gasteiger partial charge in [-0.3, -0.25) is 9.59 Å². The van der Waals surface area contributed by atoms with Gasteiger partial charge < -0.3 is 0 Å². The topological polar surface area (TPSA) is 34.1 Å². The van der Waals surface area contributed by atoms with Gasteiger partial charge in [0.05, 0.1) is 0 Å². The molecule has 1 aliphatic rings. The summed E-state index contributed by atoms with van der Waals surface area (Å²) in [6, 6.07) is 0.